The van der Waals surface area contributed by atoms with Gasteiger partial charge in [-0.1, -0.05) is 47.0 Å². The van der Waals surface area contributed by atoms with Gasteiger partial charge in [-0.2, -0.15) is 0 Å². The number of phenols is 1. The number of halogens is 3. The lowest BCUT2D eigenvalue weighted by molar-refractivity contribution is -0.131. The highest BCUT2D eigenvalue weighted by atomic mass is 35.5. The SMILES string of the molecule is COc1ccc([C@H]2C3=CC[C@@H]4C(=O)N(c5ccc(C)c(Cl)c5)C(=O)[C@@H]4[C@@H]3C[C@H]3C(=O)N(c4ccc(F)c(Cl)c4)C(=O)[C@@]23C)c(O)c1. The number of methoxy groups -OCH3 is 1. The Hall–Kier alpha value is -4.21. The van der Waals surface area contributed by atoms with Gasteiger partial charge >= 0.3 is 0 Å². The molecule has 4 aliphatic rings. The maximum atomic E-state index is 14.5. The van der Waals surface area contributed by atoms with Crippen LogP contribution in [-0.4, -0.2) is 35.8 Å². The number of phenolic OH excluding ortho intramolecular Hbond substituents is 1. The van der Waals surface area contributed by atoms with Gasteiger partial charge in [-0.25, -0.2) is 14.2 Å². The molecule has 8 nitrogen and oxygen atoms in total. The molecule has 0 unspecified atom stereocenters. The fourth-order valence-electron chi connectivity index (χ4n) is 8.10. The number of rotatable bonds is 4. The molecule has 3 aromatic rings. The first-order valence-corrected chi connectivity index (χ1v) is 15.7. The Morgan fingerprint density at radius 3 is 2.26 bits per heavy atom. The highest BCUT2D eigenvalue weighted by molar-refractivity contribution is 6.32. The van der Waals surface area contributed by atoms with E-state index in [4.69, 9.17) is 27.9 Å². The summed E-state index contributed by atoms with van der Waals surface area (Å²) in [6, 6.07) is 13.4. The molecule has 236 valence electrons. The molecular weight excluding hydrogens is 634 g/mol. The van der Waals surface area contributed by atoms with E-state index < -0.39 is 58.5 Å². The van der Waals surface area contributed by atoms with Crippen LogP contribution in [0.25, 0.3) is 0 Å². The quantitative estimate of drug-likeness (QED) is 0.250. The van der Waals surface area contributed by atoms with Crippen molar-refractivity contribution < 1.29 is 33.4 Å². The van der Waals surface area contributed by atoms with E-state index in [2.05, 4.69) is 0 Å². The summed E-state index contributed by atoms with van der Waals surface area (Å²) in [6.45, 7) is 3.52. The van der Waals surface area contributed by atoms with Gasteiger partial charge in [0.15, 0.2) is 0 Å². The predicted octanol–water partition coefficient (Wildman–Crippen LogP) is 6.59. The number of hydrogen-bond acceptors (Lipinski definition) is 6. The Labute approximate surface area is 274 Å². The van der Waals surface area contributed by atoms with Gasteiger partial charge in [0.25, 0.3) is 0 Å². The van der Waals surface area contributed by atoms with E-state index in [0.717, 1.165) is 16.5 Å². The van der Waals surface area contributed by atoms with E-state index >= 15 is 0 Å². The maximum Gasteiger partial charge on any atom is 0.241 e. The number of nitrogens with zero attached hydrogens (tertiary/aromatic N) is 2. The monoisotopic (exact) mass is 662 g/mol. The summed E-state index contributed by atoms with van der Waals surface area (Å²) >= 11 is 12.4. The summed E-state index contributed by atoms with van der Waals surface area (Å²) in [5.74, 6) is -6.04. The third kappa shape index (κ3) is 4.17. The Balaban J connectivity index is 1.37. The average Bonchev–Trinajstić information content (AvgIpc) is 3.40. The number of hydrogen-bond donors (Lipinski definition) is 1. The lowest BCUT2D eigenvalue weighted by Crippen LogP contribution is -2.48. The highest BCUT2D eigenvalue weighted by Crippen LogP contribution is 2.64. The number of anilines is 2. The number of benzene rings is 3. The van der Waals surface area contributed by atoms with Crippen LogP contribution in [0.1, 0.15) is 36.8 Å². The number of fused-ring (bicyclic) bond motifs is 4. The Morgan fingerprint density at radius 1 is 0.891 bits per heavy atom. The Kier molecular flexibility index (Phi) is 7.06. The molecule has 0 bridgehead atoms. The molecular formula is C35H29Cl2FN2O6. The zero-order chi connectivity index (χ0) is 32.8. The maximum absolute atomic E-state index is 14.5. The summed E-state index contributed by atoms with van der Waals surface area (Å²) in [5.41, 5.74) is 1.01. The van der Waals surface area contributed by atoms with Crippen molar-refractivity contribution in [1.29, 1.82) is 0 Å². The Morgan fingerprint density at radius 2 is 1.59 bits per heavy atom. The lowest BCUT2D eigenvalue weighted by atomic mass is 9.51. The molecule has 2 heterocycles. The molecule has 2 aliphatic carbocycles. The van der Waals surface area contributed by atoms with E-state index in [9.17, 15) is 28.7 Å². The minimum absolute atomic E-state index is 0.119. The van der Waals surface area contributed by atoms with Crippen molar-refractivity contribution in [2.24, 2.45) is 29.1 Å². The molecule has 46 heavy (non-hydrogen) atoms. The number of ether oxygens (including phenoxy) is 1. The summed E-state index contributed by atoms with van der Waals surface area (Å²) in [5, 5.41) is 11.5. The van der Waals surface area contributed by atoms with Crippen molar-refractivity contribution in [3.05, 3.63) is 93.2 Å². The molecule has 4 amide bonds. The molecule has 3 aromatic carbocycles. The first kappa shape index (κ1) is 30.4. The van der Waals surface area contributed by atoms with Crippen molar-refractivity contribution >= 4 is 58.2 Å². The van der Waals surface area contributed by atoms with Crippen molar-refractivity contribution in [2.75, 3.05) is 16.9 Å². The van der Waals surface area contributed by atoms with E-state index in [1.807, 2.05) is 13.0 Å². The molecule has 3 fully saturated rings. The molecule has 1 saturated carbocycles. The number of aryl methyl sites for hydroxylation is 1. The van der Waals surface area contributed by atoms with Gasteiger partial charge in [-0.15, -0.1) is 0 Å². The number of carbonyl (C=O) groups excluding carboxylic acids is 4. The molecule has 0 spiro atoms. The molecule has 0 aromatic heterocycles. The van der Waals surface area contributed by atoms with Crippen LogP contribution >= 0.6 is 23.2 Å². The largest absolute Gasteiger partial charge is 0.508 e. The summed E-state index contributed by atoms with van der Waals surface area (Å²) in [6.07, 6.45) is 2.26. The average molecular weight is 664 g/mol. The summed E-state index contributed by atoms with van der Waals surface area (Å²) in [4.78, 5) is 59.0. The first-order valence-electron chi connectivity index (χ1n) is 14.9. The normalized spacial score (nSPS) is 28.7. The second kappa shape index (κ2) is 10.7. The van der Waals surface area contributed by atoms with Crippen molar-refractivity contribution in [3.8, 4) is 11.5 Å². The second-order valence-electron chi connectivity index (χ2n) is 12.6. The van der Waals surface area contributed by atoms with Crippen LogP contribution in [0.5, 0.6) is 11.5 Å². The zero-order valence-electron chi connectivity index (χ0n) is 25.1. The van der Waals surface area contributed by atoms with E-state index in [-0.39, 0.29) is 35.2 Å². The minimum atomic E-state index is -1.39. The predicted molar refractivity (Wildman–Crippen MR) is 169 cm³/mol. The molecule has 0 radical (unpaired) electrons. The molecule has 6 atom stereocenters. The number of amides is 4. The molecule has 1 N–H and O–H groups in total. The van der Waals surface area contributed by atoms with Crippen LogP contribution in [0.2, 0.25) is 10.0 Å². The van der Waals surface area contributed by atoms with Crippen LogP contribution < -0.4 is 14.5 Å². The van der Waals surface area contributed by atoms with Crippen LogP contribution in [0.4, 0.5) is 15.8 Å². The molecule has 7 rings (SSSR count). The van der Waals surface area contributed by atoms with Crippen molar-refractivity contribution in [2.45, 2.75) is 32.6 Å². The third-order valence-corrected chi connectivity index (χ3v) is 11.1. The summed E-state index contributed by atoms with van der Waals surface area (Å²) in [7, 11) is 1.47. The molecule has 2 saturated heterocycles. The van der Waals surface area contributed by atoms with Crippen LogP contribution in [0.15, 0.2) is 66.2 Å². The van der Waals surface area contributed by atoms with Crippen LogP contribution in [0, 0.1) is 41.8 Å². The van der Waals surface area contributed by atoms with Gasteiger partial charge < -0.3 is 9.84 Å². The topological polar surface area (TPSA) is 104 Å². The fourth-order valence-corrected chi connectivity index (χ4v) is 8.45. The van der Waals surface area contributed by atoms with Gasteiger partial charge in [-0.05, 0) is 74.6 Å². The summed E-state index contributed by atoms with van der Waals surface area (Å²) < 4.78 is 19.4. The van der Waals surface area contributed by atoms with E-state index in [1.165, 1.54) is 30.2 Å². The number of imide groups is 2. The number of allylic oxidation sites excluding steroid dienone is 2. The van der Waals surface area contributed by atoms with Gasteiger partial charge in [0.05, 0.1) is 46.7 Å². The smallest absolute Gasteiger partial charge is 0.241 e. The second-order valence-corrected chi connectivity index (χ2v) is 13.4. The van der Waals surface area contributed by atoms with E-state index in [0.29, 0.717) is 27.6 Å². The Bertz CT molecular complexity index is 1910. The number of aromatic hydroxyl groups is 1. The standard InChI is InChI=1S/C35H29Cl2FN2O6/c1-16-4-5-17(12-25(16)36)39-31(42)22-10-9-20-23(29(22)33(39)44)15-24-32(43)40(18-6-11-27(38)26(37)13-18)34(45)35(24,2)30(20)21-8-7-19(46-3)14-28(21)41/h4-9,11-14,22-24,29-30,41H,10,15H2,1-3H3/t22-,23+,24-,29-,30+,35+/m0/s1. The van der Waals surface area contributed by atoms with Crippen LogP contribution in [0.3, 0.4) is 0 Å². The van der Waals surface area contributed by atoms with E-state index in [1.54, 1.807) is 37.3 Å². The van der Waals surface area contributed by atoms with Crippen molar-refractivity contribution in [1.82, 2.24) is 0 Å². The van der Waals surface area contributed by atoms with Crippen LogP contribution in [-0.2, 0) is 19.2 Å². The molecule has 11 heteroatoms. The zero-order valence-corrected chi connectivity index (χ0v) is 26.6. The number of carbonyl (C=O) groups is 4. The van der Waals surface area contributed by atoms with Gasteiger partial charge in [0.2, 0.25) is 23.6 Å². The lowest BCUT2D eigenvalue weighted by Gasteiger charge is -2.49. The van der Waals surface area contributed by atoms with Gasteiger partial charge in [-0.3, -0.25) is 19.2 Å². The molecule has 2 aliphatic heterocycles. The third-order valence-electron chi connectivity index (χ3n) is 10.4. The highest BCUT2D eigenvalue weighted by Gasteiger charge is 2.68. The van der Waals surface area contributed by atoms with Gasteiger partial charge in [0, 0.05) is 22.6 Å². The van der Waals surface area contributed by atoms with Gasteiger partial charge in [0.1, 0.15) is 17.3 Å². The minimum Gasteiger partial charge on any atom is -0.508 e. The fraction of sp³-hybridized carbons (Fsp3) is 0.314. The first-order chi connectivity index (χ1) is 21.9. The van der Waals surface area contributed by atoms with Crippen molar-refractivity contribution in [3.63, 3.8) is 0 Å².